The third-order valence-electron chi connectivity index (χ3n) is 4.17. The maximum Gasteiger partial charge on any atom is 0.387 e. The van der Waals surface area contributed by atoms with Crippen molar-refractivity contribution >= 4 is 29.4 Å². The molecule has 29 heavy (non-hydrogen) atoms. The number of benzene rings is 2. The molecule has 3 rings (SSSR count). The van der Waals surface area contributed by atoms with Gasteiger partial charge in [-0.15, -0.1) is 0 Å². The number of carboxylic acids is 1. The lowest BCUT2D eigenvalue weighted by Gasteiger charge is -2.28. The SMILES string of the molecule is COc1cc(/C=C2\C(=O)N(CC(=O)[O-])C(=O)c3ccccc32)ccc1OC(F)F. The van der Waals surface area contributed by atoms with E-state index in [1.807, 2.05) is 0 Å². The third-order valence-corrected chi connectivity index (χ3v) is 4.17. The molecule has 9 heteroatoms. The van der Waals surface area contributed by atoms with E-state index >= 15 is 0 Å². The Bertz CT molecular complexity index is 1020. The molecule has 7 nitrogen and oxygen atoms in total. The number of halogens is 2. The molecule has 0 saturated carbocycles. The number of carboxylic acid groups (broad SMARTS) is 1. The van der Waals surface area contributed by atoms with Gasteiger partial charge in [0.05, 0.1) is 19.6 Å². The first-order valence-electron chi connectivity index (χ1n) is 8.31. The molecule has 0 unspecified atom stereocenters. The molecule has 0 fully saturated rings. The van der Waals surface area contributed by atoms with Crippen LogP contribution in [0.25, 0.3) is 11.6 Å². The number of carbonyl (C=O) groups excluding carboxylic acids is 3. The smallest absolute Gasteiger partial charge is 0.387 e. The maximum atomic E-state index is 12.8. The van der Waals surface area contributed by atoms with E-state index < -0.39 is 30.9 Å². The van der Waals surface area contributed by atoms with Gasteiger partial charge in [0.15, 0.2) is 11.5 Å². The van der Waals surface area contributed by atoms with Crippen LogP contribution in [0.1, 0.15) is 21.5 Å². The lowest BCUT2D eigenvalue weighted by atomic mass is 9.92. The lowest BCUT2D eigenvalue weighted by Crippen LogP contribution is -2.47. The van der Waals surface area contributed by atoms with Crippen LogP contribution in [-0.2, 0) is 9.59 Å². The number of aliphatic carboxylic acids is 1. The molecule has 1 heterocycles. The summed E-state index contributed by atoms with van der Waals surface area (Å²) in [5.74, 6) is -3.32. The van der Waals surface area contributed by atoms with Crippen LogP contribution >= 0.6 is 0 Å². The van der Waals surface area contributed by atoms with Gasteiger partial charge in [-0.2, -0.15) is 8.78 Å². The van der Waals surface area contributed by atoms with Gasteiger partial charge in [0.2, 0.25) is 0 Å². The van der Waals surface area contributed by atoms with Gasteiger partial charge in [0, 0.05) is 11.1 Å². The molecule has 2 aromatic carbocycles. The van der Waals surface area contributed by atoms with Crippen molar-refractivity contribution in [2.24, 2.45) is 0 Å². The summed E-state index contributed by atoms with van der Waals surface area (Å²) in [5, 5.41) is 11.0. The number of carbonyl (C=O) groups is 3. The van der Waals surface area contributed by atoms with E-state index in [4.69, 9.17) is 4.74 Å². The minimum absolute atomic E-state index is 0.0128. The molecular formula is C20H14F2NO6-. The number of fused-ring (bicyclic) bond motifs is 1. The summed E-state index contributed by atoms with van der Waals surface area (Å²) >= 11 is 0. The molecule has 0 aromatic heterocycles. The normalized spacial score (nSPS) is 14.9. The number of alkyl halides is 2. The molecule has 0 N–H and O–H groups in total. The van der Waals surface area contributed by atoms with Crippen molar-refractivity contribution in [1.29, 1.82) is 0 Å². The van der Waals surface area contributed by atoms with E-state index in [1.165, 1.54) is 37.5 Å². The predicted octanol–water partition coefficient (Wildman–Crippen LogP) is 1.57. The fourth-order valence-electron chi connectivity index (χ4n) is 2.95. The van der Waals surface area contributed by atoms with Gasteiger partial charge in [-0.1, -0.05) is 24.3 Å². The standard InChI is InChI=1S/C20H15F2NO6/c1-28-16-9-11(6-7-15(16)29-20(21)22)8-14-12-4-2-3-5-13(12)18(26)23(19(14)27)10-17(24)25/h2-9,20H,10H2,1H3,(H,24,25)/p-1/b14-8-. The Kier molecular flexibility index (Phi) is 5.58. The van der Waals surface area contributed by atoms with E-state index in [1.54, 1.807) is 18.2 Å². The number of hydrogen-bond donors (Lipinski definition) is 0. The first-order valence-corrected chi connectivity index (χ1v) is 8.31. The molecule has 0 atom stereocenters. The molecule has 150 valence electrons. The second-order valence-electron chi connectivity index (χ2n) is 5.96. The molecule has 0 aliphatic carbocycles. The fourth-order valence-corrected chi connectivity index (χ4v) is 2.95. The summed E-state index contributed by atoms with van der Waals surface area (Å²) in [6.45, 7) is -3.93. The molecule has 2 aromatic rings. The van der Waals surface area contributed by atoms with Crippen LogP contribution in [0.3, 0.4) is 0 Å². The minimum Gasteiger partial charge on any atom is -0.548 e. The Labute approximate surface area is 163 Å². The summed E-state index contributed by atoms with van der Waals surface area (Å²) in [6, 6.07) is 10.3. The number of amides is 2. The van der Waals surface area contributed by atoms with Crippen molar-refractivity contribution in [3.05, 3.63) is 59.2 Å². The van der Waals surface area contributed by atoms with Crippen molar-refractivity contribution in [2.75, 3.05) is 13.7 Å². The van der Waals surface area contributed by atoms with Gasteiger partial charge in [-0.3, -0.25) is 14.5 Å². The van der Waals surface area contributed by atoms with Gasteiger partial charge < -0.3 is 19.4 Å². The molecule has 2 amide bonds. The fraction of sp³-hybridized carbons (Fsp3) is 0.150. The topological polar surface area (TPSA) is 96.0 Å². The zero-order valence-electron chi connectivity index (χ0n) is 15.1. The van der Waals surface area contributed by atoms with Gasteiger partial charge >= 0.3 is 6.61 Å². The Hall–Kier alpha value is -3.75. The number of rotatable bonds is 6. The van der Waals surface area contributed by atoms with Gasteiger partial charge in [-0.25, -0.2) is 0 Å². The highest BCUT2D eigenvalue weighted by molar-refractivity contribution is 6.34. The quantitative estimate of drug-likeness (QED) is 0.538. The number of nitrogens with zero attached hydrogens (tertiary/aromatic N) is 1. The van der Waals surface area contributed by atoms with Crippen LogP contribution < -0.4 is 14.6 Å². The highest BCUT2D eigenvalue weighted by Gasteiger charge is 2.34. The number of ether oxygens (including phenoxy) is 2. The Morgan fingerprint density at radius 3 is 2.41 bits per heavy atom. The second kappa shape index (κ2) is 8.09. The Morgan fingerprint density at radius 1 is 1.10 bits per heavy atom. The van der Waals surface area contributed by atoms with Gasteiger partial charge in [0.1, 0.15) is 0 Å². The highest BCUT2D eigenvalue weighted by atomic mass is 19.3. The van der Waals surface area contributed by atoms with Crippen LogP contribution in [0.5, 0.6) is 11.5 Å². The molecule has 0 saturated heterocycles. The molecule has 0 spiro atoms. The second-order valence-corrected chi connectivity index (χ2v) is 5.96. The van der Waals surface area contributed by atoms with Crippen LogP contribution in [0, 0.1) is 0 Å². The number of imide groups is 1. The summed E-state index contributed by atoms with van der Waals surface area (Å²) in [7, 11) is 1.27. The first kappa shape index (κ1) is 20.0. The van der Waals surface area contributed by atoms with Crippen molar-refractivity contribution in [3.63, 3.8) is 0 Å². The van der Waals surface area contributed by atoms with E-state index in [-0.39, 0.29) is 22.6 Å². The van der Waals surface area contributed by atoms with Crippen LogP contribution in [0.15, 0.2) is 42.5 Å². The van der Waals surface area contributed by atoms with Crippen LogP contribution in [0.2, 0.25) is 0 Å². The zero-order valence-corrected chi connectivity index (χ0v) is 15.1. The minimum atomic E-state index is -3.04. The Morgan fingerprint density at radius 2 is 1.79 bits per heavy atom. The molecule has 0 bridgehead atoms. The van der Waals surface area contributed by atoms with E-state index in [9.17, 15) is 28.3 Å². The van der Waals surface area contributed by atoms with E-state index in [0.29, 0.717) is 16.0 Å². The van der Waals surface area contributed by atoms with Gasteiger partial charge in [-0.05, 0) is 35.4 Å². The highest BCUT2D eigenvalue weighted by Crippen LogP contribution is 2.33. The molecular weight excluding hydrogens is 388 g/mol. The van der Waals surface area contributed by atoms with Crippen LogP contribution in [-0.4, -0.2) is 42.9 Å². The van der Waals surface area contributed by atoms with Crippen molar-refractivity contribution in [3.8, 4) is 11.5 Å². The van der Waals surface area contributed by atoms with Crippen molar-refractivity contribution in [1.82, 2.24) is 4.90 Å². The zero-order chi connectivity index (χ0) is 21.1. The van der Waals surface area contributed by atoms with Crippen molar-refractivity contribution < 1.29 is 37.7 Å². The largest absolute Gasteiger partial charge is 0.548 e. The molecule has 0 radical (unpaired) electrons. The van der Waals surface area contributed by atoms with Crippen molar-refractivity contribution in [2.45, 2.75) is 6.61 Å². The summed E-state index contributed by atoms with van der Waals surface area (Å²) in [6.07, 6.45) is 1.41. The third kappa shape index (κ3) is 4.08. The lowest BCUT2D eigenvalue weighted by molar-refractivity contribution is -0.305. The van der Waals surface area contributed by atoms with Crippen LogP contribution in [0.4, 0.5) is 8.78 Å². The van der Waals surface area contributed by atoms with Gasteiger partial charge in [0.25, 0.3) is 11.8 Å². The monoisotopic (exact) mass is 402 g/mol. The summed E-state index contributed by atoms with van der Waals surface area (Å²) in [4.78, 5) is 36.8. The summed E-state index contributed by atoms with van der Waals surface area (Å²) in [5.41, 5.74) is 0.934. The average molecular weight is 402 g/mol. The number of methoxy groups -OCH3 is 1. The number of hydrogen-bond acceptors (Lipinski definition) is 6. The average Bonchev–Trinajstić information content (AvgIpc) is 2.69. The predicted molar refractivity (Wildman–Crippen MR) is 95.0 cm³/mol. The molecule has 1 aliphatic heterocycles. The molecule has 1 aliphatic rings. The first-order chi connectivity index (χ1) is 13.8. The maximum absolute atomic E-state index is 12.8. The Balaban J connectivity index is 2.09. The van der Waals surface area contributed by atoms with E-state index in [0.717, 1.165) is 0 Å². The summed E-state index contributed by atoms with van der Waals surface area (Å²) < 4.78 is 34.4. The van der Waals surface area contributed by atoms with E-state index in [2.05, 4.69) is 4.74 Å².